The highest BCUT2D eigenvalue weighted by Gasteiger charge is 2.23. The van der Waals surface area contributed by atoms with Gasteiger partial charge >= 0.3 is 0 Å². The quantitative estimate of drug-likeness (QED) is 0.880. The summed E-state index contributed by atoms with van der Waals surface area (Å²) in [5, 5.41) is 4.04. The average molecular weight is 321 g/mol. The van der Waals surface area contributed by atoms with Gasteiger partial charge in [-0.15, -0.1) is 12.4 Å². The van der Waals surface area contributed by atoms with E-state index < -0.39 is 0 Å². The molecule has 0 bridgehead atoms. The number of hydrogen-bond donors (Lipinski definition) is 1. The van der Waals surface area contributed by atoms with Crippen LogP contribution in [0.15, 0.2) is 18.2 Å². The monoisotopic (exact) mass is 320 g/mol. The van der Waals surface area contributed by atoms with Crippen molar-refractivity contribution in [3.63, 3.8) is 0 Å². The molecule has 1 fully saturated rings. The normalized spacial score (nSPS) is 17.6. The number of nitrogens with zero attached hydrogens (tertiary/aromatic N) is 1. The molecular formula is C15H23Cl2FN2. The molecule has 1 N–H and O–H groups in total. The molecule has 0 radical (unpaired) electrons. The molecule has 0 unspecified atom stereocenters. The molecular weight excluding hydrogens is 298 g/mol. The molecule has 0 aromatic heterocycles. The van der Waals surface area contributed by atoms with E-state index in [1.807, 2.05) is 0 Å². The maximum Gasteiger partial charge on any atom is 0.123 e. The van der Waals surface area contributed by atoms with E-state index in [-0.39, 0.29) is 24.3 Å². The number of hydrogen-bond acceptors (Lipinski definition) is 2. The molecule has 0 saturated carbocycles. The van der Waals surface area contributed by atoms with Crippen molar-refractivity contribution in [2.24, 2.45) is 0 Å². The standard InChI is InChI=1S/C15H22ClFN2.ClH/c1-2-3-4-15(19-9-7-18-8-10-19)13-11-12(17)5-6-14(13)16;/h5-6,11,15,18H,2-4,7-10H2,1H3;1H/t15-;/m0./s1. The smallest absolute Gasteiger partial charge is 0.123 e. The predicted octanol–water partition coefficient (Wildman–Crippen LogP) is 4.04. The predicted molar refractivity (Wildman–Crippen MR) is 85.4 cm³/mol. The SMILES string of the molecule is CCCC[C@@H](c1cc(F)ccc1Cl)N1CCNCC1.Cl. The van der Waals surface area contributed by atoms with Crippen molar-refractivity contribution in [1.29, 1.82) is 0 Å². The second-order valence-corrected chi connectivity index (χ2v) is 5.52. The highest BCUT2D eigenvalue weighted by molar-refractivity contribution is 6.31. The van der Waals surface area contributed by atoms with Crippen LogP contribution in [0.2, 0.25) is 5.02 Å². The molecule has 0 amide bonds. The highest BCUT2D eigenvalue weighted by atomic mass is 35.5. The van der Waals surface area contributed by atoms with Crippen molar-refractivity contribution in [3.05, 3.63) is 34.6 Å². The van der Waals surface area contributed by atoms with Gasteiger partial charge in [0.15, 0.2) is 0 Å². The molecule has 1 aromatic rings. The molecule has 1 aliphatic heterocycles. The van der Waals surface area contributed by atoms with E-state index in [0.29, 0.717) is 5.02 Å². The number of nitrogens with one attached hydrogen (secondary N) is 1. The van der Waals surface area contributed by atoms with E-state index in [0.717, 1.165) is 51.0 Å². The van der Waals surface area contributed by atoms with Crippen LogP contribution in [-0.2, 0) is 0 Å². The molecule has 20 heavy (non-hydrogen) atoms. The van der Waals surface area contributed by atoms with Crippen LogP contribution in [0, 0.1) is 5.82 Å². The average Bonchev–Trinajstić information content (AvgIpc) is 2.44. The molecule has 1 atom stereocenters. The summed E-state index contributed by atoms with van der Waals surface area (Å²) in [7, 11) is 0. The van der Waals surface area contributed by atoms with Crippen LogP contribution in [0.25, 0.3) is 0 Å². The Labute approximate surface area is 132 Å². The first-order valence-electron chi connectivity index (χ1n) is 7.12. The fraction of sp³-hybridized carbons (Fsp3) is 0.600. The number of unbranched alkanes of at least 4 members (excludes halogenated alkanes) is 1. The molecule has 2 rings (SSSR count). The maximum atomic E-state index is 13.5. The summed E-state index contributed by atoms with van der Waals surface area (Å²) in [6.45, 7) is 6.18. The maximum absolute atomic E-state index is 13.5. The van der Waals surface area contributed by atoms with Crippen molar-refractivity contribution in [2.75, 3.05) is 26.2 Å². The second-order valence-electron chi connectivity index (χ2n) is 5.11. The van der Waals surface area contributed by atoms with E-state index in [4.69, 9.17) is 11.6 Å². The van der Waals surface area contributed by atoms with Gasteiger partial charge in [-0.05, 0) is 30.2 Å². The van der Waals surface area contributed by atoms with E-state index in [1.54, 1.807) is 12.1 Å². The summed E-state index contributed by atoms with van der Waals surface area (Å²) >= 11 is 6.28. The van der Waals surface area contributed by atoms with Gasteiger partial charge < -0.3 is 5.32 Å². The molecule has 5 heteroatoms. The molecule has 1 aromatic carbocycles. The van der Waals surface area contributed by atoms with Crippen LogP contribution in [0.3, 0.4) is 0 Å². The van der Waals surface area contributed by atoms with Gasteiger partial charge in [-0.25, -0.2) is 4.39 Å². The first kappa shape index (κ1) is 17.7. The third kappa shape index (κ3) is 4.59. The highest BCUT2D eigenvalue weighted by Crippen LogP contribution is 2.32. The van der Waals surface area contributed by atoms with Crippen molar-refractivity contribution in [3.8, 4) is 0 Å². The van der Waals surface area contributed by atoms with E-state index in [1.165, 1.54) is 6.07 Å². The van der Waals surface area contributed by atoms with Gasteiger partial charge in [-0.3, -0.25) is 4.90 Å². The molecule has 114 valence electrons. The van der Waals surface area contributed by atoms with Gasteiger partial charge in [0.25, 0.3) is 0 Å². The lowest BCUT2D eigenvalue weighted by Crippen LogP contribution is -2.45. The Balaban J connectivity index is 0.00000200. The van der Waals surface area contributed by atoms with Gasteiger partial charge in [0.05, 0.1) is 0 Å². The third-order valence-electron chi connectivity index (χ3n) is 3.74. The van der Waals surface area contributed by atoms with Gasteiger partial charge in [0.1, 0.15) is 5.82 Å². The van der Waals surface area contributed by atoms with Crippen LogP contribution in [0.5, 0.6) is 0 Å². The molecule has 2 nitrogen and oxygen atoms in total. The minimum atomic E-state index is -0.198. The fourth-order valence-electron chi connectivity index (χ4n) is 2.70. The topological polar surface area (TPSA) is 15.3 Å². The Bertz CT molecular complexity index is 409. The summed E-state index contributed by atoms with van der Waals surface area (Å²) in [6, 6.07) is 4.95. The first-order valence-corrected chi connectivity index (χ1v) is 7.50. The second kappa shape index (κ2) is 8.83. The Morgan fingerprint density at radius 1 is 1.35 bits per heavy atom. The lowest BCUT2D eigenvalue weighted by molar-refractivity contribution is 0.163. The van der Waals surface area contributed by atoms with Crippen molar-refractivity contribution >= 4 is 24.0 Å². The summed E-state index contributed by atoms with van der Waals surface area (Å²) in [6.07, 6.45) is 3.33. The van der Waals surface area contributed by atoms with Crippen molar-refractivity contribution in [1.82, 2.24) is 10.2 Å². The van der Waals surface area contributed by atoms with Crippen LogP contribution < -0.4 is 5.32 Å². The van der Waals surface area contributed by atoms with E-state index >= 15 is 0 Å². The number of rotatable bonds is 5. The lowest BCUT2D eigenvalue weighted by Gasteiger charge is -2.35. The Kier molecular flexibility index (Phi) is 7.82. The summed E-state index contributed by atoms with van der Waals surface area (Å²) in [5.74, 6) is -0.198. The van der Waals surface area contributed by atoms with E-state index in [2.05, 4.69) is 17.1 Å². The molecule has 0 spiro atoms. The number of piperazine rings is 1. The van der Waals surface area contributed by atoms with Crippen molar-refractivity contribution in [2.45, 2.75) is 32.2 Å². The largest absolute Gasteiger partial charge is 0.314 e. The molecule has 0 aliphatic carbocycles. The fourth-order valence-corrected chi connectivity index (χ4v) is 2.94. The molecule has 1 heterocycles. The molecule has 1 aliphatic rings. The summed E-state index contributed by atoms with van der Waals surface area (Å²) < 4.78 is 13.5. The van der Waals surface area contributed by atoms with Crippen molar-refractivity contribution < 1.29 is 4.39 Å². The van der Waals surface area contributed by atoms with Crippen LogP contribution in [0.1, 0.15) is 37.8 Å². The van der Waals surface area contributed by atoms with Crippen LogP contribution in [-0.4, -0.2) is 31.1 Å². The van der Waals surface area contributed by atoms with Crippen LogP contribution >= 0.6 is 24.0 Å². The zero-order valence-corrected chi connectivity index (χ0v) is 13.4. The van der Waals surface area contributed by atoms with Crippen LogP contribution in [0.4, 0.5) is 4.39 Å². The first-order chi connectivity index (χ1) is 9.22. The van der Waals surface area contributed by atoms with Gasteiger partial charge in [0, 0.05) is 37.2 Å². The van der Waals surface area contributed by atoms with Gasteiger partial charge in [-0.1, -0.05) is 31.4 Å². The Hall–Kier alpha value is -0.350. The van der Waals surface area contributed by atoms with E-state index in [9.17, 15) is 4.39 Å². The summed E-state index contributed by atoms with van der Waals surface area (Å²) in [5.41, 5.74) is 0.942. The third-order valence-corrected chi connectivity index (χ3v) is 4.08. The number of halogens is 3. The zero-order chi connectivity index (χ0) is 13.7. The zero-order valence-electron chi connectivity index (χ0n) is 11.9. The Morgan fingerprint density at radius 2 is 2.05 bits per heavy atom. The Morgan fingerprint density at radius 3 is 2.70 bits per heavy atom. The lowest BCUT2D eigenvalue weighted by atomic mass is 9.98. The minimum Gasteiger partial charge on any atom is -0.314 e. The molecule has 1 saturated heterocycles. The summed E-state index contributed by atoms with van der Waals surface area (Å²) in [4.78, 5) is 2.42. The number of benzene rings is 1. The van der Waals surface area contributed by atoms with Gasteiger partial charge in [-0.2, -0.15) is 0 Å². The minimum absolute atomic E-state index is 0. The van der Waals surface area contributed by atoms with Gasteiger partial charge in [0.2, 0.25) is 0 Å².